The van der Waals surface area contributed by atoms with Crippen LogP contribution in [0.15, 0.2) is 65.7 Å². The summed E-state index contributed by atoms with van der Waals surface area (Å²) in [6.45, 7) is 0. The van der Waals surface area contributed by atoms with Crippen molar-refractivity contribution in [2.45, 2.75) is 57.0 Å². The van der Waals surface area contributed by atoms with Crippen molar-refractivity contribution in [3.8, 4) is 5.75 Å². The molecule has 0 aromatic heterocycles. The summed E-state index contributed by atoms with van der Waals surface area (Å²) in [6, 6.07) is 19.4. The van der Waals surface area contributed by atoms with E-state index in [0.717, 1.165) is 19.3 Å². The lowest BCUT2D eigenvalue weighted by Crippen LogP contribution is -2.40. The fourth-order valence-corrected chi connectivity index (χ4v) is 4.46. The average Bonchev–Trinajstić information content (AvgIpc) is 2.67. The first-order chi connectivity index (χ1) is 12.3. The lowest BCUT2D eigenvalue weighted by molar-refractivity contribution is 0.384. The Labute approximate surface area is 150 Å². The monoisotopic (exact) mass is 333 g/mol. The highest BCUT2D eigenvalue weighted by Gasteiger charge is 2.30. The van der Waals surface area contributed by atoms with Crippen molar-refractivity contribution in [2.24, 2.45) is 0 Å². The normalized spacial score (nSPS) is 23.4. The van der Waals surface area contributed by atoms with Gasteiger partial charge in [0.05, 0.1) is 0 Å². The van der Waals surface area contributed by atoms with Crippen LogP contribution in [0, 0.1) is 0 Å². The summed E-state index contributed by atoms with van der Waals surface area (Å²) in [4.78, 5) is 0. The van der Waals surface area contributed by atoms with Crippen LogP contribution in [0.25, 0.3) is 0 Å². The molecule has 0 saturated carbocycles. The Bertz CT molecular complexity index is 750. The van der Waals surface area contributed by atoms with Crippen molar-refractivity contribution in [3.63, 3.8) is 0 Å². The van der Waals surface area contributed by atoms with Crippen molar-refractivity contribution in [1.29, 1.82) is 0 Å². The van der Waals surface area contributed by atoms with Gasteiger partial charge in [0.1, 0.15) is 5.75 Å². The molecule has 0 spiro atoms. The van der Waals surface area contributed by atoms with Crippen LogP contribution in [0.4, 0.5) is 0 Å². The first-order valence-electron chi connectivity index (χ1n) is 9.59. The Kier molecular flexibility index (Phi) is 4.89. The van der Waals surface area contributed by atoms with Crippen LogP contribution in [0.2, 0.25) is 0 Å². The highest BCUT2D eigenvalue weighted by atomic mass is 16.3. The number of aromatic hydroxyl groups is 1. The standard InChI is InChI=1S/C23H27NO/c25-20-11-6-10-19(15-20)23-16-18-9-4-5-12-21(18)22(24-23)14-13-17-7-2-1-3-8-17/h1-3,6-8,10-11,15,22-25H,4-5,9,12-14,16H2/t22-,23+/m1/s1. The minimum absolute atomic E-state index is 0.324. The van der Waals surface area contributed by atoms with Gasteiger partial charge < -0.3 is 10.4 Å². The summed E-state index contributed by atoms with van der Waals surface area (Å²) in [5.41, 5.74) is 5.98. The fraction of sp³-hybridized carbons (Fsp3) is 0.391. The number of rotatable bonds is 4. The zero-order valence-corrected chi connectivity index (χ0v) is 14.7. The van der Waals surface area contributed by atoms with Crippen LogP contribution < -0.4 is 5.32 Å². The van der Waals surface area contributed by atoms with E-state index in [-0.39, 0.29) is 0 Å². The van der Waals surface area contributed by atoms with E-state index in [1.165, 1.54) is 36.8 Å². The van der Waals surface area contributed by atoms with Crippen molar-refractivity contribution in [3.05, 3.63) is 76.9 Å². The Hall–Kier alpha value is -2.06. The minimum Gasteiger partial charge on any atom is -0.508 e. The zero-order valence-electron chi connectivity index (χ0n) is 14.7. The summed E-state index contributed by atoms with van der Waals surface area (Å²) < 4.78 is 0. The average molecular weight is 333 g/mol. The van der Waals surface area contributed by atoms with E-state index in [0.29, 0.717) is 17.8 Å². The van der Waals surface area contributed by atoms with E-state index in [4.69, 9.17) is 0 Å². The molecule has 0 radical (unpaired) electrons. The third-order valence-electron chi connectivity index (χ3n) is 5.74. The number of benzene rings is 2. The Morgan fingerprint density at radius 3 is 2.64 bits per heavy atom. The second-order valence-electron chi connectivity index (χ2n) is 7.43. The molecule has 2 aromatic carbocycles. The lowest BCUT2D eigenvalue weighted by atomic mass is 9.78. The quantitative estimate of drug-likeness (QED) is 0.744. The Balaban J connectivity index is 1.55. The van der Waals surface area contributed by atoms with Gasteiger partial charge in [0.2, 0.25) is 0 Å². The van der Waals surface area contributed by atoms with Crippen LogP contribution in [0.1, 0.15) is 55.7 Å². The van der Waals surface area contributed by atoms with Gasteiger partial charge in [-0.05, 0) is 68.2 Å². The molecule has 25 heavy (non-hydrogen) atoms. The number of phenols is 1. The molecule has 0 fully saturated rings. The maximum absolute atomic E-state index is 9.85. The van der Waals surface area contributed by atoms with Gasteiger partial charge in [0, 0.05) is 12.1 Å². The second kappa shape index (κ2) is 7.45. The molecule has 2 N–H and O–H groups in total. The van der Waals surface area contributed by atoms with Gasteiger partial charge in [0.15, 0.2) is 0 Å². The number of nitrogens with one attached hydrogen (secondary N) is 1. The highest BCUT2D eigenvalue weighted by Crippen LogP contribution is 2.39. The summed E-state index contributed by atoms with van der Waals surface area (Å²) in [6.07, 6.45) is 8.54. The third kappa shape index (κ3) is 3.80. The van der Waals surface area contributed by atoms with E-state index in [2.05, 4.69) is 41.7 Å². The predicted molar refractivity (Wildman–Crippen MR) is 103 cm³/mol. The molecule has 4 rings (SSSR count). The molecule has 2 atom stereocenters. The summed E-state index contributed by atoms with van der Waals surface area (Å²) in [7, 11) is 0. The van der Waals surface area contributed by atoms with Crippen molar-refractivity contribution in [1.82, 2.24) is 5.32 Å². The van der Waals surface area contributed by atoms with Gasteiger partial charge in [-0.15, -0.1) is 0 Å². The molecule has 2 aromatic rings. The molecule has 0 bridgehead atoms. The van der Waals surface area contributed by atoms with Gasteiger partial charge in [0.25, 0.3) is 0 Å². The zero-order chi connectivity index (χ0) is 17.1. The molecule has 0 saturated heterocycles. The molecule has 2 heteroatoms. The highest BCUT2D eigenvalue weighted by molar-refractivity contribution is 5.35. The van der Waals surface area contributed by atoms with Crippen LogP contribution in [0.5, 0.6) is 5.75 Å². The summed E-state index contributed by atoms with van der Waals surface area (Å²) in [5.74, 6) is 0.364. The molecule has 0 unspecified atom stereocenters. The Morgan fingerprint density at radius 1 is 0.960 bits per heavy atom. The molecule has 0 amide bonds. The van der Waals surface area contributed by atoms with E-state index in [9.17, 15) is 5.11 Å². The molecule has 2 nitrogen and oxygen atoms in total. The van der Waals surface area contributed by atoms with Gasteiger partial charge in [-0.25, -0.2) is 0 Å². The Morgan fingerprint density at radius 2 is 1.80 bits per heavy atom. The minimum atomic E-state index is 0.324. The van der Waals surface area contributed by atoms with E-state index < -0.39 is 0 Å². The largest absolute Gasteiger partial charge is 0.508 e. The van der Waals surface area contributed by atoms with Gasteiger partial charge >= 0.3 is 0 Å². The van der Waals surface area contributed by atoms with Gasteiger partial charge in [-0.3, -0.25) is 0 Å². The molecule has 130 valence electrons. The predicted octanol–water partition coefficient (Wildman–Crippen LogP) is 5.30. The number of hydrogen-bond donors (Lipinski definition) is 2. The summed E-state index contributed by atoms with van der Waals surface area (Å²) >= 11 is 0. The van der Waals surface area contributed by atoms with Crippen LogP contribution in [0.3, 0.4) is 0 Å². The molecule has 1 heterocycles. The van der Waals surface area contributed by atoms with Gasteiger partial charge in [-0.2, -0.15) is 0 Å². The lowest BCUT2D eigenvalue weighted by Gasteiger charge is -2.38. The van der Waals surface area contributed by atoms with Crippen molar-refractivity contribution in [2.75, 3.05) is 0 Å². The van der Waals surface area contributed by atoms with E-state index in [1.807, 2.05) is 12.1 Å². The third-order valence-corrected chi connectivity index (χ3v) is 5.74. The molecule has 1 aliphatic heterocycles. The summed E-state index contributed by atoms with van der Waals surface area (Å²) in [5, 5.41) is 13.8. The topological polar surface area (TPSA) is 32.3 Å². The fourth-order valence-electron chi connectivity index (χ4n) is 4.46. The van der Waals surface area contributed by atoms with Crippen molar-refractivity contribution >= 4 is 0 Å². The first-order valence-corrected chi connectivity index (χ1v) is 9.59. The van der Waals surface area contributed by atoms with E-state index in [1.54, 1.807) is 17.2 Å². The molecular formula is C23H27NO. The van der Waals surface area contributed by atoms with Crippen molar-refractivity contribution < 1.29 is 5.11 Å². The SMILES string of the molecule is Oc1cccc([C@@H]2CC3=C(CCCC3)[C@@H](CCc3ccccc3)N2)c1. The number of aryl methyl sites for hydroxylation is 1. The molecule has 2 aliphatic rings. The molecule has 1 aliphatic carbocycles. The van der Waals surface area contributed by atoms with Crippen LogP contribution >= 0.6 is 0 Å². The van der Waals surface area contributed by atoms with Crippen LogP contribution in [-0.4, -0.2) is 11.1 Å². The van der Waals surface area contributed by atoms with E-state index >= 15 is 0 Å². The number of hydrogen-bond acceptors (Lipinski definition) is 2. The maximum Gasteiger partial charge on any atom is 0.115 e. The van der Waals surface area contributed by atoms with Crippen LogP contribution in [-0.2, 0) is 6.42 Å². The first kappa shape index (κ1) is 16.4. The van der Waals surface area contributed by atoms with Gasteiger partial charge in [-0.1, -0.05) is 53.6 Å². The second-order valence-corrected chi connectivity index (χ2v) is 7.43. The smallest absolute Gasteiger partial charge is 0.115 e. The molecular weight excluding hydrogens is 306 g/mol. The maximum atomic E-state index is 9.85. The number of phenolic OH excluding ortho intramolecular Hbond substituents is 1.